The number of amides is 2. The van der Waals surface area contributed by atoms with Gasteiger partial charge in [-0.2, -0.15) is 5.26 Å². The first-order valence-electron chi connectivity index (χ1n) is 8.27. The molecule has 0 heterocycles. The average Bonchev–Trinajstić information content (AvgIpc) is 2.67. The second kappa shape index (κ2) is 10.3. The van der Waals surface area contributed by atoms with E-state index in [4.69, 9.17) is 14.7 Å². The van der Waals surface area contributed by atoms with Crippen molar-refractivity contribution < 1.29 is 14.3 Å². The molecule has 27 heavy (non-hydrogen) atoms. The third-order valence-electron chi connectivity index (χ3n) is 4.14. The Bertz CT molecular complexity index is 803. The molecule has 2 amide bonds. The number of rotatable bonds is 6. The van der Waals surface area contributed by atoms with Crippen LogP contribution in [-0.2, 0) is 0 Å². The Balaban J connectivity index is 0.00000364. The normalized spacial score (nSPS) is 12.0. The maximum Gasteiger partial charge on any atom is 0.315 e. The molecule has 0 saturated heterocycles. The smallest absolute Gasteiger partial charge is 0.315 e. The molecule has 2 aromatic rings. The summed E-state index contributed by atoms with van der Waals surface area (Å²) in [5.41, 5.74) is 2.34. The van der Waals surface area contributed by atoms with Crippen molar-refractivity contribution in [2.75, 3.05) is 14.2 Å². The van der Waals surface area contributed by atoms with Gasteiger partial charge in [0.1, 0.15) is 11.5 Å². The first-order valence-corrected chi connectivity index (χ1v) is 8.27. The molecule has 0 saturated carbocycles. The highest BCUT2D eigenvalue weighted by Gasteiger charge is 2.17. The third-order valence-corrected chi connectivity index (χ3v) is 4.14. The fraction of sp³-hybridized carbons (Fsp3) is 0.300. The zero-order valence-electron chi connectivity index (χ0n) is 15.8. The summed E-state index contributed by atoms with van der Waals surface area (Å²) in [7, 11) is 3.18. The fourth-order valence-electron chi connectivity index (χ4n) is 2.62. The van der Waals surface area contributed by atoms with E-state index < -0.39 is 0 Å². The Hall–Kier alpha value is -2.91. The zero-order valence-corrected chi connectivity index (χ0v) is 16.6. The van der Waals surface area contributed by atoms with Gasteiger partial charge in [0, 0.05) is 5.56 Å². The number of nitriles is 1. The van der Waals surface area contributed by atoms with E-state index in [9.17, 15) is 4.79 Å². The van der Waals surface area contributed by atoms with Crippen LogP contribution < -0.4 is 20.1 Å². The maximum atomic E-state index is 12.3. The van der Waals surface area contributed by atoms with Gasteiger partial charge < -0.3 is 20.1 Å². The summed E-state index contributed by atoms with van der Waals surface area (Å²) in [6.07, 6.45) is 0. The minimum absolute atomic E-state index is 0. The van der Waals surface area contributed by atoms with Crippen molar-refractivity contribution in [3.05, 3.63) is 59.2 Å². The summed E-state index contributed by atoms with van der Waals surface area (Å²) in [4.78, 5) is 12.3. The van der Waals surface area contributed by atoms with Gasteiger partial charge in [0.15, 0.2) is 0 Å². The highest BCUT2D eigenvalue weighted by Crippen LogP contribution is 2.29. The molecule has 0 radical (unpaired) electrons. The Morgan fingerprint density at radius 1 is 1.00 bits per heavy atom. The van der Waals surface area contributed by atoms with Crippen LogP contribution in [0.5, 0.6) is 11.5 Å². The van der Waals surface area contributed by atoms with Gasteiger partial charge in [0.25, 0.3) is 0 Å². The van der Waals surface area contributed by atoms with Crippen molar-refractivity contribution in [1.29, 1.82) is 5.26 Å². The predicted molar refractivity (Wildman–Crippen MR) is 106 cm³/mol. The molecule has 0 aliphatic rings. The predicted octanol–water partition coefficient (Wildman–Crippen LogP) is 4.12. The fourth-order valence-corrected chi connectivity index (χ4v) is 2.62. The van der Waals surface area contributed by atoms with Crippen molar-refractivity contribution in [2.45, 2.75) is 25.9 Å². The van der Waals surface area contributed by atoms with Gasteiger partial charge in [-0.1, -0.05) is 12.1 Å². The number of carbonyl (C=O) groups is 1. The minimum atomic E-state index is -0.292. The summed E-state index contributed by atoms with van der Waals surface area (Å²) >= 11 is 0. The Labute approximate surface area is 165 Å². The van der Waals surface area contributed by atoms with E-state index in [0.29, 0.717) is 17.1 Å². The van der Waals surface area contributed by atoms with E-state index in [1.54, 1.807) is 26.4 Å². The van der Waals surface area contributed by atoms with Crippen molar-refractivity contribution in [3.63, 3.8) is 0 Å². The zero-order chi connectivity index (χ0) is 19.1. The Kier molecular flexibility index (Phi) is 8.43. The van der Waals surface area contributed by atoms with E-state index >= 15 is 0 Å². The summed E-state index contributed by atoms with van der Waals surface area (Å²) in [6.45, 7) is 3.76. The monoisotopic (exact) mass is 389 g/mol. The lowest BCUT2D eigenvalue weighted by atomic mass is 10.1. The molecular weight excluding hydrogens is 366 g/mol. The van der Waals surface area contributed by atoms with Crippen LogP contribution in [0.4, 0.5) is 4.79 Å². The molecule has 7 heteroatoms. The van der Waals surface area contributed by atoms with E-state index in [1.807, 2.05) is 44.2 Å². The van der Waals surface area contributed by atoms with Crippen LogP contribution in [0.1, 0.15) is 42.6 Å². The number of carbonyl (C=O) groups excluding carboxylic acids is 1. The van der Waals surface area contributed by atoms with Crippen LogP contribution in [0.2, 0.25) is 0 Å². The molecule has 2 rings (SSSR count). The summed E-state index contributed by atoms with van der Waals surface area (Å²) in [5, 5.41) is 14.7. The molecular formula is C20H24ClN3O3. The van der Waals surface area contributed by atoms with Crippen LogP contribution in [0.3, 0.4) is 0 Å². The summed E-state index contributed by atoms with van der Waals surface area (Å²) in [6, 6.07) is 13.9. The van der Waals surface area contributed by atoms with Gasteiger partial charge >= 0.3 is 6.03 Å². The highest BCUT2D eigenvalue weighted by atomic mass is 35.5. The van der Waals surface area contributed by atoms with E-state index in [0.717, 1.165) is 11.1 Å². The lowest BCUT2D eigenvalue weighted by Crippen LogP contribution is -2.38. The number of benzene rings is 2. The molecule has 0 fully saturated rings. The number of methoxy groups -OCH3 is 2. The van der Waals surface area contributed by atoms with Gasteiger partial charge in [-0.25, -0.2) is 4.79 Å². The quantitative estimate of drug-likeness (QED) is 0.778. The standard InChI is InChI=1S/C20H23N3O3.ClH/c1-13(16-7-5-15(12-21)6-8-16)22-20(24)23-14(2)18-11-17(25-3)9-10-19(18)26-4;/h5-11,13-14H,1-4H3,(H2,22,23,24);1H. The van der Waals surface area contributed by atoms with Crippen LogP contribution in [-0.4, -0.2) is 20.3 Å². The SMILES string of the molecule is COc1ccc(OC)c(C(C)NC(=O)NC(C)c2ccc(C#N)cc2)c1.Cl. The number of nitrogens with one attached hydrogen (secondary N) is 2. The average molecular weight is 390 g/mol. The second-order valence-corrected chi connectivity index (χ2v) is 5.90. The molecule has 0 aromatic heterocycles. The molecule has 0 aliphatic heterocycles. The molecule has 6 nitrogen and oxygen atoms in total. The van der Waals surface area contributed by atoms with Crippen molar-refractivity contribution in [3.8, 4) is 17.6 Å². The molecule has 2 N–H and O–H groups in total. The number of hydrogen-bond donors (Lipinski definition) is 2. The van der Waals surface area contributed by atoms with Gasteiger partial charge in [0.05, 0.1) is 37.9 Å². The third kappa shape index (κ3) is 5.80. The number of hydrogen-bond acceptors (Lipinski definition) is 4. The Morgan fingerprint density at radius 2 is 1.63 bits per heavy atom. The molecule has 2 unspecified atom stereocenters. The van der Waals surface area contributed by atoms with E-state index in [-0.39, 0.29) is 30.5 Å². The second-order valence-electron chi connectivity index (χ2n) is 5.90. The largest absolute Gasteiger partial charge is 0.497 e. The maximum absolute atomic E-state index is 12.3. The van der Waals surface area contributed by atoms with Crippen molar-refractivity contribution in [2.24, 2.45) is 0 Å². The van der Waals surface area contributed by atoms with Crippen LogP contribution >= 0.6 is 12.4 Å². The molecule has 144 valence electrons. The van der Waals surface area contributed by atoms with Crippen LogP contribution in [0, 0.1) is 11.3 Å². The van der Waals surface area contributed by atoms with Gasteiger partial charge in [-0.3, -0.25) is 0 Å². The van der Waals surface area contributed by atoms with Gasteiger partial charge in [0.2, 0.25) is 0 Å². The lowest BCUT2D eigenvalue weighted by molar-refractivity contribution is 0.234. The Morgan fingerprint density at radius 3 is 2.19 bits per heavy atom. The number of urea groups is 1. The molecule has 2 aromatic carbocycles. The summed E-state index contributed by atoms with van der Waals surface area (Å²) < 4.78 is 10.6. The minimum Gasteiger partial charge on any atom is -0.497 e. The molecule has 0 bridgehead atoms. The summed E-state index contributed by atoms with van der Waals surface area (Å²) in [5.74, 6) is 1.37. The first-order chi connectivity index (χ1) is 12.5. The van der Waals surface area contributed by atoms with Gasteiger partial charge in [-0.15, -0.1) is 12.4 Å². The lowest BCUT2D eigenvalue weighted by Gasteiger charge is -2.20. The van der Waals surface area contributed by atoms with Crippen molar-refractivity contribution in [1.82, 2.24) is 10.6 Å². The van der Waals surface area contributed by atoms with E-state index in [1.165, 1.54) is 0 Å². The first kappa shape index (κ1) is 22.1. The number of nitrogens with zero attached hydrogens (tertiary/aromatic N) is 1. The number of halogens is 1. The van der Waals surface area contributed by atoms with E-state index in [2.05, 4.69) is 16.7 Å². The topological polar surface area (TPSA) is 83.4 Å². The van der Waals surface area contributed by atoms with Gasteiger partial charge in [-0.05, 0) is 49.7 Å². The van der Waals surface area contributed by atoms with Crippen LogP contribution in [0.15, 0.2) is 42.5 Å². The molecule has 2 atom stereocenters. The molecule has 0 aliphatic carbocycles. The van der Waals surface area contributed by atoms with Crippen molar-refractivity contribution >= 4 is 18.4 Å². The highest BCUT2D eigenvalue weighted by molar-refractivity contribution is 5.85. The van der Waals surface area contributed by atoms with Crippen LogP contribution in [0.25, 0.3) is 0 Å². The molecule has 0 spiro atoms. The number of ether oxygens (including phenoxy) is 2.